The van der Waals surface area contributed by atoms with Crippen molar-refractivity contribution in [2.45, 2.75) is 25.9 Å². The van der Waals surface area contributed by atoms with E-state index in [0.29, 0.717) is 0 Å². The molecule has 1 saturated heterocycles. The molecular formula is C18H21ClN2. The quantitative estimate of drug-likeness (QED) is 0.871. The van der Waals surface area contributed by atoms with Gasteiger partial charge in [0.1, 0.15) is 0 Å². The molecule has 0 amide bonds. The SMILES string of the molecule is Clc1ccc(NCc2ccc(CN3CCCC3)cc2)cc1. The molecule has 0 radical (unpaired) electrons. The number of halogens is 1. The maximum atomic E-state index is 5.88. The average molecular weight is 301 g/mol. The third kappa shape index (κ3) is 4.23. The van der Waals surface area contributed by atoms with Gasteiger partial charge in [-0.25, -0.2) is 0 Å². The zero-order valence-corrected chi connectivity index (χ0v) is 12.9. The third-order valence-corrected chi connectivity index (χ3v) is 4.22. The number of anilines is 1. The first-order chi connectivity index (χ1) is 10.3. The molecule has 0 bridgehead atoms. The molecule has 0 aromatic heterocycles. The van der Waals surface area contributed by atoms with Crippen molar-refractivity contribution in [2.24, 2.45) is 0 Å². The van der Waals surface area contributed by atoms with Crippen LogP contribution >= 0.6 is 11.6 Å². The standard InChI is InChI=1S/C18H21ClN2/c19-17-7-9-18(10-8-17)20-13-15-3-5-16(6-4-15)14-21-11-1-2-12-21/h3-10,20H,1-2,11-14H2. The van der Waals surface area contributed by atoms with Crippen LogP contribution in [0, 0.1) is 0 Å². The van der Waals surface area contributed by atoms with Crippen molar-refractivity contribution in [3.63, 3.8) is 0 Å². The lowest BCUT2D eigenvalue weighted by Crippen LogP contribution is -2.18. The van der Waals surface area contributed by atoms with E-state index in [1.165, 1.54) is 37.1 Å². The summed E-state index contributed by atoms with van der Waals surface area (Å²) in [5.41, 5.74) is 3.81. The van der Waals surface area contributed by atoms with Gasteiger partial charge in [-0.15, -0.1) is 0 Å². The molecule has 0 atom stereocenters. The molecule has 3 rings (SSSR count). The molecule has 0 unspecified atom stereocenters. The predicted molar refractivity (Wildman–Crippen MR) is 89.7 cm³/mol. The number of hydrogen-bond acceptors (Lipinski definition) is 2. The maximum absolute atomic E-state index is 5.88. The Bertz CT molecular complexity index is 557. The first kappa shape index (κ1) is 14.4. The van der Waals surface area contributed by atoms with Gasteiger partial charge in [-0.3, -0.25) is 4.90 Å². The molecule has 1 aliphatic rings. The highest BCUT2D eigenvalue weighted by Crippen LogP contribution is 2.16. The number of nitrogens with one attached hydrogen (secondary N) is 1. The molecular weight excluding hydrogens is 280 g/mol. The number of rotatable bonds is 5. The van der Waals surface area contributed by atoms with Gasteiger partial charge in [-0.2, -0.15) is 0 Å². The summed E-state index contributed by atoms with van der Waals surface area (Å²) in [5.74, 6) is 0. The van der Waals surface area contributed by atoms with Gasteiger partial charge in [0.15, 0.2) is 0 Å². The summed E-state index contributed by atoms with van der Waals surface area (Å²) in [5, 5.41) is 4.18. The topological polar surface area (TPSA) is 15.3 Å². The fraction of sp³-hybridized carbons (Fsp3) is 0.333. The molecule has 110 valence electrons. The van der Waals surface area contributed by atoms with Gasteiger partial charge < -0.3 is 5.32 Å². The minimum atomic E-state index is 0.770. The Morgan fingerprint density at radius 1 is 0.857 bits per heavy atom. The van der Waals surface area contributed by atoms with Crippen LogP contribution in [0.25, 0.3) is 0 Å². The smallest absolute Gasteiger partial charge is 0.0407 e. The van der Waals surface area contributed by atoms with Crippen LogP contribution in [0.15, 0.2) is 48.5 Å². The molecule has 21 heavy (non-hydrogen) atoms. The summed E-state index contributed by atoms with van der Waals surface area (Å²) in [4.78, 5) is 2.53. The van der Waals surface area contributed by atoms with E-state index >= 15 is 0 Å². The largest absolute Gasteiger partial charge is 0.381 e. The fourth-order valence-corrected chi connectivity index (χ4v) is 2.86. The van der Waals surface area contributed by atoms with Crippen LogP contribution in [-0.2, 0) is 13.1 Å². The normalized spacial score (nSPS) is 15.3. The second-order valence-corrected chi connectivity index (χ2v) is 6.10. The summed E-state index contributed by atoms with van der Waals surface area (Å²) < 4.78 is 0. The Balaban J connectivity index is 1.52. The number of likely N-dealkylation sites (tertiary alicyclic amines) is 1. The van der Waals surface area contributed by atoms with Gasteiger partial charge in [0.2, 0.25) is 0 Å². The lowest BCUT2D eigenvalue weighted by molar-refractivity contribution is 0.331. The molecule has 1 N–H and O–H groups in total. The summed E-state index contributed by atoms with van der Waals surface area (Å²) in [6.45, 7) is 4.43. The second-order valence-electron chi connectivity index (χ2n) is 5.66. The maximum Gasteiger partial charge on any atom is 0.0407 e. The lowest BCUT2D eigenvalue weighted by atomic mass is 10.1. The lowest BCUT2D eigenvalue weighted by Gasteiger charge is -2.14. The van der Waals surface area contributed by atoms with Crippen molar-refractivity contribution in [1.82, 2.24) is 4.90 Å². The zero-order valence-electron chi connectivity index (χ0n) is 12.2. The van der Waals surface area contributed by atoms with E-state index in [-0.39, 0.29) is 0 Å². The Morgan fingerprint density at radius 3 is 2.14 bits per heavy atom. The number of benzene rings is 2. The van der Waals surface area contributed by atoms with Gasteiger partial charge in [0, 0.05) is 23.8 Å². The molecule has 2 nitrogen and oxygen atoms in total. The van der Waals surface area contributed by atoms with Crippen molar-refractivity contribution in [2.75, 3.05) is 18.4 Å². The summed E-state index contributed by atoms with van der Waals surface area (Å²) in [7, 11) is 0. The van der Waals surface area contributed by atoms with Crippen molar-refractivity contribution in [3.05, 3.63) is 64.7 Å². The second kappa shape index (κ2) is 6.97. The Hall–Kier alpha value is -1.51. The van der Waals surface area contributed by atoms with Crippen LogP contribution in [0.4, 0.5) is 5.69 Å². The molecule has 0 spiro atoms. The number of nitrogens with zero attached hydrogens (tertiary/aromatic N) is 1. The number of hydrogen-bond donors (Lipinski definition) is 1. The van der Waals surface area contributed by atoms with Crippen molar-refractivity contribution < 1.29 is 0 Å². The molecule has 1 heterocycles. The van der Waals surface area contributed by atoms with Crippen LogP contribution < -0.4 is 5.32 Å². The first-order valence-electron chi connectivity index (χ1n) is 7.59. The zero-order chi connectivity index (χ0) is 14.5. The van der Waals surface area contributed by atoms with Crippen LogP contribution in [0.5, 0.6) is 0 Å². The van der Waals surface area contributed by atoms with Gasteiger partial charge in [0.05, 0.1) is 0 Å². The Morgan fingerprint density at radius 2 is 1.48 bits per heavy atom. The van der Waals surface area contributed by atoms with Gasteiger partial charge in [-0.05, 0) is 61.3 Å². The highest BCUT2D eigenvalue weighted by Gasteiger charge is 2.11. The van der Waals surface area contributed by atoms with Crippen LogP contribution in [0.1, 0.15) is 24.0 Å². The first-order valence-corrected chi connectivity index (χ1v) is 7.97. The molecule has 0 saturated carbocycles. The van der Waals surface area contributed by atoms with E-state index in [4.69, 9.17) is 11.6 Å². The van der Waals surface area contributed by atoms with E-state index in [1.807, 2.05) is 24.3 Å². The summed E-state index contributed by atoms with van der Waals surface area (Å²) in [6, 6.07) is 16.7. The Labute approximate surface area is 131 Å². The highest BCUT2D eigenvalue weighted by molar-refractivity contribution is 6.30. The predicted octanol–water partition coefficient (Wildman–Crippen LogP) is 4.55. The molecule has 0 aliphatic carbocycles. The molecule has 2 aromatic carbocycles. The summed E-state index contributed by atoms with van der Waals surface area (Å²) in [6.07, 6.45) is 2.70. The van der Waals surface area contributed by atoms with E-state index < -0.39 is 0 Å². The minimum Gasteiger partial charge on any atom is -0.381 e. The van der Waals surface area contributed by atoms with E-state index in [1.54, 1.807) is 0 Å². The van der Waals surface area contributed by atoms with Crippen LogP contribution in [0.3, 0.4) is 0 Å². The average Bonchev–Trinajstić information content (AvgIpc) is 3.01. The fourth-order valence-electron chi connectivity index (χ4n) is 2.73. The molecule has 1 fully saturated rings. The van der Waals surface area contributed by atoms with Crippen LogP contribution in [0.2, 0.25) is 5.02 Å². The highest BCUT2D eigenvalue weighted by atomic mass is 35.5. The monoisotopic (exact) mass is 300 g/mol. The minimum absolute atomic E-state index is 0.770. The van der Waals surface area contributed by atoms with E-state index in [9.17, 15) is 0 Å². The summed E-state index contributed by atoms with van der Waals surface area (Å²) >= 11 is 5.88. The van der Waals surface area contributed by atoms with Crippen molar-refractivity contribution in [3.8, 4) is 0 Å². The van der Waals surface area contributed by atoms with Gasteiger partial charge >= 0.3 is 0 Å². The van der Waals surface area contributed by atoms with Crippen molar-refractivity contribution in [1.29, 1.82) is 0 Å². The van der Waals surface area contributed by atoms with Gasteiger partial charge in [0.25, 0.3) is 0 Å². The molecule has 3 heteroatoms. The van der Waals surface area contributed by atoms with E-state index in [2.05, 4.69) is 34.5 Å². The molecule has 2 aromatic rings. The molecule has 1 aliphatic heterocycles. The van der Waals surface area contributed by atoms with Gasteiger partial charge in [-0.1, -0.05) is 35.9 Å². The Kier molecular flexibility index (Phi) is 4.79. The third-order valence-electron chi connectivity index (χ3n) is 3.97. The van der Waals surface area contributed by atoms with E-state index in [0.717, 1.165) is 23.8 Å². The van der Waals surface area contributed by atoms with Crippen LogP contribution in [-0.4, -0.2) is 18.0 Å². The van der Waals surface area contributed by atoms with Crippen molar-refractivity contribution >= 4 is 17.3 Å².